The van der Waals surface area contributed by atoms with E-state index in [1.807, 2.05) is 0 Å². The number of ether oxygens (including phenoxy) is 2. The van der Waals surface area contributed by atoms with E-state index >= 15 is 0 Å². The van der Waals surface area contributed by atoms with Gasteiger partial charge in [-0.3, -0.25) is 9.00 Å². The van der Waals surface area contributed by atoms with E-state index in [9.17, 15) is 13.8 Å². The number of carbonyl (C=O) groups is 2. The van der Waals surface area contributed by atoms with E-state index in [0.29, 0.717) is 37.0 Å². The molecule has 1 atom stereocenters. The molecule has 22 heavy (non-hydrogen) atoms. The molecule has 0 saturated carbocycles. The Bertz CT molecular complexity index is 569. The van der Waals surface area contributed by atoms with Crippen molar-refractivity contribution in [2.24, 2.45) is 0 Å². The number of esters is 1. The Morgan fingerprint density at radius 2 is 1.95 bits per heavy atom. The average Bonchev–Trinajstić information content (AvgIpc) is 2.59. The molecule has 1 heterocycles. The number of hydrogen-bond donors (Lipinski definition) is 0. The van der Waals surface area contributed by atoms with Gasteiger partial charge in [0.1, 0.15) is 0 Å². The molecule has 6 nitrogen and oxygen atoms in total. The first-order valence-electron chi connectivity index (χ1n) is 7.13. The lowest BCUT2D eigenvalue weighted by atomic mass is 10.2. The third-order valence-corrected chi connectivity index (χ3v) is 4.68. The molecule has 0 N–H and O–H groups in total. The summed E-state index contributed by atoms with van der Waals surface area (Å²) in [4.78, 5) is 26.1. The molecule has 1 aromatic rings. The molecule has 1 saturated heterocycles. The number of morpholine rings is 1. The summed E-state index contributed by atoms with van der Waals surface area (Å²) in [5.41, 5.74) is 0.248. The first kappa shape index (κ1) is 16.6. The fraction of sp³-hybridized carbons (Fsp3) is 0.467. The van der Waals surface area contributed by atoms with Crippen LogP contribution in [0.3, 0.4) is 0 Å². The SMILES string of the molecule is CCS(=O)c1ccccc1C(=O)OCC(=O)N1CCOCC1. The zero-order valence-electron chi connectivity index (χ0n) is 12.4. The monoisotopic (exact) mass is 325 g/mol. The lowest BCUT2D eigenvalue weighted by Gasteiger charge is -2.26. The second kappa shape index (κ2) is 8.05. The smallest absolute Gasteiger partial charge is 0.339 e. The number of nitrogens with zero attached hydrogens (tertiary/aromatic N) is 1. The van der Waals surface area contributed by atoms with Crippen molar-refractivity contribution in [3.8, 4) is 0 Å². The highest BCUT2D eigenvalue weighted by Gasteiger charge is 2.20. The van der Waals surface area contributed by atoms with Gasteiger partial charge in [-0.15, -0.1) is 0 Å². The van der Waals surface area contributed by atoms with Crippen LogP contribution in [0.1, 0.15) is 17.3 Å². The van der Waals surface area contributed by atoms with E-state index < -0.39 is 16.8 Å². The van der Waals surface area contributed by atoms with Crippen LogP contribution in [0, 0.1) is 0 Å². The molecule has 120 valence electrons. The number of amides is 1. The van der Waals surface area contributed by atoms with E-state index in [4.69, 9.17) is 9.47 Å². The summed E-state index contributed by atoms with van der Waals surface area (Å²) in [5, 5.41) is 0. The minimum Gasteiger partial charge on any atom is -0.452 e. The van der Waals surface area contributed by atoms with Crippen molar-refractivity contribution in [3.63, 3.8) is 0 Å². The topological polar surface area (TPSA) is 72.9 Å². The Kier molecular flexibility index (Phi) is 6.09. The number of hydrogen-bond acceptors (Lipinski definition) is 5. The van der Waals surface area contributed by atoms with Crippen LogP contribution in [0.2, 0.25) is 0 Å². The Hall–Kier alpha value is -1.73. The molecule has 7 heteroatoms. The van der Waals surface area contributed by atoms with Crippen molar-refractivity contribution in [2.45, 2.75) is 11.8 Å². The van der Waals surface area contributed by atoms with E-state index in [1.165, 1.54) is 0 Å². The summed E-state index contributed by atoms with van der Waals surface area (Å²) in [6.45, 7) is 3.47. The predicted molar refractivity (Wildman–Crippen MR) is 81.1 cm³/mol. The fourth-order valence-corrected chi connectivity index (χ4v) is 3.04. The van der Waals surface area contributed by atoms with Gasteiger partial charge in [0.05, 0.1) is 34.5 Å². The molecule has 1 aliphatic rings. The van der Waals surface area contributed by atoms with Gasteiger partial charge in [-0.1, -0.05) is 19.1 Å². The van der Waals surface area contributed by atoms with Crippen molar-refractivity contribution in [1.29, 1.82) is 0 Å². The molecule has 0 radical (unpaired) electrons. The zero-order valence-corrected chi connectivity index (χ0v) is 13.3. The summed E-state index contributed by atoms with van der Waals surface area (Å²) < 4.78 is 22.2. The zero-order chi connectivity index (χ0) is 15.9. The molecule has 1 fully saturated rings. The summed E-state index contributed by atoms with van der Waals surface area (Å²) in [6.07, 6.45) is 0. The van der Waals surface area contributed by atoms with Crippen molar-refractivity contribution < 1.29 is 23.3 Å². The largest absolute Gasteiger partial charge is 0.452 e. The highest BCUT2D eigenvalue weighted by Crippen LogP contribution is 2.15. The maximum Gasteiger partial charge on any atom is 0.339 e. The molecular formula is C15H19NO5S. The van der Waals surface area contributed by atoms with E-state index in [-0.39, 0.29) is 18.1 Å². The number of carbonyl (C=O) groups excluding carboxylic acids is 2. The van der Waals surface area contributed by atoms with Crippen LogP contribution in [-0.2, 0) is 25.1 Å². The van der Waals surface area contributed by atoms with Gasteiger partial charge in [-0.25, -0.2) is 4.79 Å². The van der Waals surface area contributed by atoms with Crippen molar-refractivity contribution in [1.82, 2.24) is 4.90 Å². The van der Waals surface area contributed by atoms with Crippen molar-refractivity contribution in [3.05, 3.63) is 29.8 Å². The summed E-state index contributed by atoms with van der Waals surface area (Å²) in [6, 6.07) is 6.60. The third kappa shape index (κ3) is 4.14. The fourth-order valence-electron chi connectivity index (χ4n) is 2.10. The van der Waals surface area contributed by atoms with Gasteiger partial charge in [0.25, 0.3) is 5.91 Å². The van der Waals surface area contributed by atoms with Gasteiger partial charge >= 0.3 is 5.97 Å². The normalized spacial score (nSPS) is 16.1. The second-order valence-corrected chi connectivity index (χ2v) is 6.41. The minimum atomic E-state index is -1.25. The quantitative estimate of drug-likeness (QED) is 0.750. The summed E-state index contributed by atoms with van der Waals surface area (Å²) in [5.74, 6) is -0.457. The van der Waals surface area contributed by atoms with Crippen LogP contribution in [-0.4, -0.2) is 59.6 Å². The first-order chi connectivity index (χ1) is 10.6. The van der Waals surface area contributed by atoms with Crippen LogP contribution in [0.25, 0.3) is 0 Å². The highest BCUT2D eigenvalue weighted by molar-refractivity contribution is 7.85. The molecule has 0 aromatic heterocycles. The van der Waals surface area contributed by atoms with E-state index in [2.05, 4.69) is 0 Å². The van der Waals surface area contributed by atoms with Crippen LogP contribution in [0.4, 0.5) is 0 Å². The van der Waals surface area contributed by atoms with Gasteiger partial charge < -0.3 is 14.4 Å². The number of benzene rings is 1. The number of rotatable bonds is 5. The van der Waals surface area contributed by atoms with Gasteiger partial charge in [-0.05, 0) is 12.1 Å². The van der Waals surface area contributed by atoms with E-state index in [0.717, 1.165) is 0 Å². The Labute approximate surface area is 131 Å². The lowest BCUT2D eigenvalue weighted by Crippen LogP contribution is -2.42. The standard InChI is InChI=1S/C15H19NO5S/c1-2-22(19)13-6-4-3-5-12(13)15(18)21-11-14(17)16-7-9-20-10-8-16/h3-6H,2,7-11H2,1H3. The van der Waals surface area contributed by atoms with Crippen LogP contribution in [0.15, 0.2) is 29.2 Å². The van der Waals surface area contributed by atoms with E-state index in [1.54, 1.807) is 36.1 Å². The van der Waals surface area contributed by atoms with Crippen molar-refractivity contribution in [2.75, 3.05) is 38.7 Å². The molecule has 1 amide bonds. The summed E-state index contributed by atoms with van der Waals surface area (Å²) >= 11 is 0. The van der Waals surface area contributed by atoms with Gasteiger partial charge in [0.2, 0.25) is 0 Å². The molecule has 1 aromatic carbocycles. The molecule has 1 aliphatic heterocycles. The lowest BCUT2D eigenvalue weighted by molar-refractivity contribution is -0.138. The molecule has 1 unspecified atom stereocenters. The van der Waals surface area contributed by atoms with Crippen LogP contribution in [0.5, 0.6) is 0 Å². The minimum absolute atomic E-state index is 0.245. The first-order valence-corrected chi connectivity index (χ1v) is 8.45. The average molecular weight is 325 g/mol. The molecule has 0 aliphatic carbocycles. The molecule has 0 bridgehead atoms. The van der Waals surface area contributed by atoms with Crippen molar-refractivity contribution >= 4 is 22.7 Å². The summed E-state index contributed by atoms with van der Waals surface area (Å²) in [7, 11) is -1.25. The van der Waals surface area contributed by atoms with Crippen LogP contribution >= 0.6 is 0 Å². The van der Waals surface area contributed by atoms with Gasteiger partial charge in [-0.2, -0.15) is 0 Å². The van der Waals surface area contributed by atoms with Gasteiger partial charge in [0, 0.05) is 18.8 Å². The van der Waals surface area contributed by atoms with Gasteiger partial charge in [0.15, 0.2) is 6.61 Å². The predicted octanol–water partition coefficient (Wildman–Crippen LogP) is 0.830. The van der Waals surface area contributed by atoms with Crippen LogP contribution < -0.4 is 0 Å². The third-order valence-electron chi connectivity index (χ3n) is 3.30. The Morgan fingerprint density at radius 3 is 2.64 bits per heavy atom. The highest BCUT2D eigenvalue weighted by atomic mass is 32.2. The molecular weight excluding hydrogens is 306 g/mol. The Balaban J connectivity index is 1.97. The maximum absolute atomic E-state index is 12.1. The molecule has 0 spiro atoms. The molecule has 2 rings (SSSR count). The Morgan fingerprint density at radius 1 is 1.27 bits per heavy atom. The second-order valence-electron chi connectivity index (χ2n) is 4.70. The maximum atomic E-state index is 12.1.